The average Bonchev–Trinajstić information content (AvgIpc) is 3.38. The third-order valence-electron chi connectivity index (χ3n) is 17.8. The minimum absolute atomic E-state index is 0.761. The summed E-state index contributed by atoms with van der Waals surface area (Å²) in [6.45, 7) is 25.8. The molecule has 406 valence electrons. The Morgan fingerprint density at radius 3 is 1.19 bits per heavy atom. The number of benzene rings is 5. The number of nitrogens with two attached hydrogens (primary N) is 5. The van der Waals surface area contributed by atoms with Crippen LogP contribution in [-0.2, 0) is 0 Å². The predicted octanol–water partition coefficient (Wildman–Crippen LogP) is 18.3. The van der Waals surface area contributed by atoms with E-state index in [0.717, 1.165) is 52.1 Å². The Morgan fingerprint density at radius 2 is 0.703 bits per heavy atom. The Bertz CT molecular complexity index is 2580. The number of hydrogen-bond donors (Lipinski definition) is 5. The van der Waals surface area contributed by atoms with Crippen LogP contribution in [-0.4, -0.2) is 14.1 Å². The van der Waals surface area contributed by atoms with E-state index in [1.54, 1.807) is 5.56 Å². The standard InChI is InChI=1S/C15H23N.3C14H21N.C11H18N2/c1-10-9-11(2)15(16)12(3)14(10)13-7-5-4-6-8-13;1-10-8-11(2)14(15)9-13(10)12-6-4-3-5-7-12;1-10-8-9-13(15)11(2)14(10)12-6-4-3-5-7-12;1-10-8-9-13(11(2)14(10)15)12-6-4-3-5-7-12;1-7-6-8(2)11(13(4)5)9(3)10(7)12/h9,13H,4-8,16H2,1-3H3;3*8-9,12H,3-7,15H2,1-2H3;6H,12H2,1-5H3. The summed E-state index contributed by atoms with van der Waals surface area (Å²) in [6, 6.07) is 17.5. The van der Waals surface area contributed by atoms with E-state index < -0.39 is 0 Å². The van der Waals surface area contributed by atoms with E-state index in [0.29, 0.717) is 0 Å². The molecule has 0 aromatic heterocycles. The summed E-state index contributed by atoms with van der Waals surface area (Å²) < 4.78 is 0. The molecule has 4 saturated carbocycles. The highest BCUT2D eigenvalue weighted by Crippen LogP contribution is 2.41. The molecule has 6 heteroatoms. The third-order valence-corrected chi connectivity index (χ3v) is 17.8. The maximum atomic E-state index is 6.16. The second kappa shape index (κ2) is 28.2. The first-order chi connectivity index (χ1) is 35.1. The minimum atomic E-state index is 0.761. The van der Waals surface area contributed by atoms with Gasteiger partial charge in [0.15, 0.2) is 0 Å². The van der Waals surface area contributed by atoms with Gasteiger partial charge in [0.2, 0.25) is 0 Å². The molecule has 0 atom stereocenters. The molecule has 4 aliphatic carbocycles. The van der Waals surface area contributed by atoms with Crippen molar-refractivity contribution in [2.24, 2.45) is 0 Å². The van der Waals surface area contributed by atoms with Gasteiger partial charge >= 0.3 is 0 Å². The predicted molar refractivity (Wildman–Crippen MR) is 329 cm³/mol. The highest BCUT2D eigenvalue weighted by atomic mass is 15.1. The molecule has 5 aromatic carbocycles. The highest BCUT2D eigenvalue weighted by molar-refractivity contribution is 5.70. The summed E-state index contributed by atoms with van der Waals surface area (Å²) in [5, 5.41) is 0. The van der Waals surface area contributed by atoms with E-state index in [4.69, 9.17) is 28.7 Å². The molecule has 5 aromatic rings. The van der Waals surface area contributed by atoms with Crippen LogP contribution in [0.5, 0.6) is 0 Å². The molecular weight excluding hydrogens is 901 g/mol. The Balaban J connectivity index is 0.000000172. The number of nitrogens with zero attached hydrogens (tertiary/aromatic N) is 1. The van der Waals surface area contributed by atoms with Gasteiger partial charge in [-0.05, 0) is 259 Å². The Labute approximate surface area is 452 Å². The molecule has 0 spiro atoms. The number of nitrogen functional groups attached to an aromatic ring is 5. The monoisotopic (exact) mass is 1000 g/mol. The lowest BCUT2D eigenvalue weighted by atomic mass is 9.79. The molecule has 4 fully saturated rings. The Hall–Kier alpha value is -5.10. The maximum absolute atomic E-state index is 6.16. The topological polar surface area (TPSA) is 133 Å². The van der Waals surface area contributed by atoms with Gasteiger partial charge in [-0.3, -0.25) is 0 Å². The van der Waals surface area contributed by atoms with Crippen molar-refractivity contribution >= 4 is 34.1 Å². The third kappa shape index (κ3) is 15.5. The summed E-state index contributed by atoms with van der Waals surface area (Å²) >= 11 is 0. The van der Waals surface area contributed by atoms with E-state index >= 15 is 0 Å². The maximum Gasteiger partial charge on any atom is 0.0441 e. The zero-order valence-electron chi connectivity index (χ0n) is 49.4. The second-order valence-electron chi connectivity index (χ2n) is 23.7. The molecule has 0 radical (unpaired) electrons. The van der Waals surface area contributed by atoms with Gasteiger partial charge in [0.05, 0.1) is 0 Å². The molecule has 10 N–H and O–H groups in total. The van der Waals surface area contributed by atoms with Crippen molar-refractivity contribution in [1.29, 1.82) is 0 Å². The smallest absolute Gasteiger partial charge is 0.0441 e. The summed E-state index contributed by atoms with van der Waals surface area (Å²) in [7, 11) is 4.09. The van der Waals surface area contributed by atoms with Gasteiger partial charge < -0.3 is 33.6 Å². The van der Waals surface area contributed by atoms with Gasteiger partial charge in [0, 0.05) is 48.2 Å². The van der Waals surface area contributed by atoms with E-state index in [1.807, 2.05) is 20.2 Å². The first-order valence-electron chi connectivity index (χ1n) is 29.1. The second-order valence-corrected chi connectivity index (χ2v) is 23.7. The van der Waals surface area contributed by atoms with Crippen LogP contribution in [0.25, 0.3) is 0 Å². The number of hydrogen-bond acceptors (Lipinski definition) is 6. The van der Waals surface area contributed by atoms with Crippen molar-refractivity contribution in [3.63, 3.8) is 0 Å². The SMILES string of the molecule is Cc1cc(C)c(C2CCCCC2)c(C)c1N.Cc1cc(C)c(C2CCCCC2)cc1N.Cc1cc(C)c(N(C)C)c(C)c1N.Cc1ccc(C2CCCCC2)c(C)c1N.Cc1ccc(N)c(C)c1C1CCCCC1. The number of rotatable bonds is 5. The summed E-state index contributed by atoms with van der Waals surface area (Å²) in [5.74, 6) is 3.06. The van der Waals surface area contributed by atoms with E-state index in [-0.39, 0.29) is 0 Å². The molecule has 0 heterocycles. The van der Waals surface area contributed by atoms with Crippen LogP contribution in [0.3, 0.4) is 0 Å². The molecule has 0 amide bonds. The van der Waals surface area contributed by atoms with Crippen LogP contribution in [0, 0.1) is 83.1 Å². The average molecular weight is 1010 g/mol. The fourth-order valence-corrected chi connectivity index (χ4v) is 13.5. The van der Waals surface area contributed by atoms with Gasteiger partial charge in [-0.15, -0.1) is 0 Å². The Morgan fingerprint density at radius 1 is 0.311 bits per heavy atom. The van der Waals surface area contributed by atoms with Crippen LogP contribution in [0.4, 0.5) is 34.1 Å². The van der Waals surface area contributed by atoms with Crippen molar-refractivity contribution in [1.82, 2.24) is 0 Å². The fourth-order valence-electron chi connectivity index (χ4n) is 13.5. The summed E-state index contributed by atoms with van der Waals surface area (Å²) in [5.41, 5.74) is 57.9. The molecular formula is C68H104N6. The summed E-state index contributed by atoms with van der Waals surface area (Å²) in [4.78, 5) is 2.11. The van der Waals surface area contributed by atoms with Crippen LogP contribution < -0.4 is 33.6 Å². The minimum Gasteiger partial charge on any atom is -0.399 e. The van der Waals surface area contributed by atoms with Gasteiger partial charge in [0.1, 0.15) is 0 Å². The van der Waals surface area contributed by atoms with Gasteiger partial charge in [-0.1, -0.05) is 113 Å². The van der Waals surface area contributed by atoms with E-state index in [2.05, 4.69) is 130 Å². The number of anilines is 6. The molecule has 4 aliphatic rings. The first-order valence-corrected chi connectivity index (χ1v) is 29.1. The van der Waals surface area contributed by atoms with Crippen LogP contribution >= 0.6 is 0 Å². The molecule has 0 bridgehead atoms. The van der Waals surface area contributed by atoms with Gasteiger partial charge in [-0.2, -0.15) is 0 Å². The van der Waals surface area contributed by atoms with Crippen LogP contribution in [0.2, 0.25) is 0 Å². The lowest BCUT2D eigenvalue weighted by Gasteiger charge is -2.26. The number of aryl methyl sites for hydroxylation is 8. The quantitative estimate of drug-likeness (QED) is 0.111. The fraction of sp³-hybridized carbons (Fsp3) is 0.559. The van der Waals surface area contributed by atoms with E-state index in [9.17, 15) is 0 Å². The van der Waals surface area contributed by atoms with Crippen molar-refractivity contribution in [2.45, 2.75) is 235 Å². The molecule has 0 saturated heterocycles. The van der Waals surface area contributed by atoms with Gasteiger partial charge in [0.25, 0.3) is 0 Å². The van der Waals surface area contributed by atoms with Crippen molar-refractivity contribution < 1.29 is 0 Å². The van der Waals surface area contributed by atoms with E-state index in [1.165, 1.54) is 218 Å². The van der Waals surface area contributed by atoms with Crippen molar-refractivity contribution in [3.05, 3.63) is 138 Å². The van der Waals surface area contributed by atoms with Gasteiger partial charge in [-0.25, -0.2) is 0 Å². The largest absolute Gasteiger partial charge is 0.399 e. The molecule has 9 rings (SSSR count). The molecule has 6 nitrogen and oxygen atoms in total. The van der Waals surface area contributed by atoms with Crippen molar-refractivity contribution in [3.8, 4) is 0 Å². The zero-order chi connectivity index (χ0) is 54.4. The molecule has 0 unspecified atom stereocenters. The lowest BCUT2D eigenvalue weighted by molar-refractivity contribution is 0.441. The van der Waals surface area contributed by atoms with Crippen LogP contribution in [0.1, 0.15) is 241 Å². The first kappa shape index (κ1) is 59.8. The summed E-state index contributed by atoms with van der Waals surface area (Å²) in [6.07, 6.45) is 27.6. The Kier molecular flexibility index (Phi) is 22.7. The van der Waals surface area contributed by atoms with Crippen molar-refractivity contribution in [2.75, 3.05) is 47.7 Å². The normalized spacial score (nSPS) is 16.6. The molecule has 74 heavy (non-hydrogen) atoms. The lowest BCUT2D eigenvalue weighted by Crippen LogP contribution is -2.13. The highest BCUT2D eigenvalue weighted by Gasteiger charge is 2.23. The van der Waals surface area contributed by atoms with Crippen LogP contribution in [0.15, 0.2) is 48.5 Å². The zero-order valence-corrected chi connectivity index (χ0v) is 49.4. The molecule has 0 aliphatic heterocycles.